The molecule has 0 heterocycles. The smallest absolute Gasteiger partial charge is 0.118 e. The predicted octanol–water partition coefficient (Wildman–Crippen LogP) is 5.75. The van der Waals surface area contributed by atoms with E-state index in [9.17, 15) is 0 Å². The van der Waals surface area contributed by atoms with Crippen molar-refractivity contribution in [1.82, 2.24) is 0 Å². The molecule has 2 rings (SSSR count). The molecule has 0 N–H and O–H groups in total. The average molecular weight is 381 g/mol. The molecule has 0 radical (unpaired) electrons. The summed E-state index contributed by atoms with van der Waals surface area (Å²) >= 11 is 3.58. The fourth-order valence-corrected chi connectivity index (χ4v) is 4.25. The standard InChI is InChI=1S/C20H29BrO2/c1-4-12-20(13-5-14-21)16(2)6-11-19(20)23-15-17-7-9-18(22-3)10-8-17/h4,7-10,16,19H,1,5-6,11-15H2,2-3H3/t16-,19?,20+/m0/s1. The van der Waals surface area contributed by atoms with Gasteiger partial charge in [0.2, 0.25) is 0 Å². The summed E-state index contributed by atoms with van der Waals surface area (Å²) in [6, 6.07) is 8.17. The quantitative estimate of drug-likeness (QED) is 0.401. The van der Waals surface area contributed by atoms with Crippen LogP contribution in [0.1, 0.15) is 44.6 Å². The molecule has 0 saturated heterocycles. The van der Waals surface area contributed by atoms with Gasteiger partial charge in [0, 0.05) is 10.7 Å². The van der Waals surface area contributed by atoms with Gasteiger partial charge < -0.3 is 9.47 Å². The molecule has 3 heteroatoms. The van der Waals surface area contributed by atoms with Crippen LogP contribution in [0.25, 0.3) is 0 Å². The van der Waals surface area contributed by atoms with Crippen molar-refractivity contribution in [3.63, 3.8) is 0 Å². The van der Waals surface area contributed by atoms with Crippen LogP contribution in [0, 0.1) is 11.3 Å². The zero-order valence-electron chi connectivity index (χ0n) is 14.4. The van der Waals surface area contributed by atoms with Crippen LogP contribution in [0.2, 0.25) is 0 Å². The highest BCUT2D eigenvalue weighted by Crippen LogP contribution is 2.51. The summed E-state index contributed by atoms with van der Waals surface area (Å²) in [5, 5.41) is 1.06. The van der Waals surface area contributed by atoms with E-state index in [-0.39, 0.29) is 5.41 Å². The van der Waals surface area contributed by atoms with Crippen molar-refractivity contribution in [2.75, 3.05) is 12.4 Å². The molecule has 0 aliphatic heterocycles. The van der Waals surface area contributed by atoms with Crippen molar-refractivity contribution in [3.05, 3.63) is 42.5 Å². The highest BCUT2D eigenvalue weighted by molar-refractivity contribution is 9.09. The van der Waals surface area contributed by atoms with Gasteiger partial charge in [-0.1, -0.05) is 41.1 Å². The zero-order valence-corrected chi connectivity index (χ0v) is 16.0. The Labute approximate surface area is 149 Å². The summed E-state index contributed by atoms with van der Waals surface area (Å²) in [6.07, 6.45) is 8.28. The lowest BCUT2D eigenvalue weighted by Crippen LogP contribution is -2.36. The van der Waals surface area contributed by atoms with Crippen molar-refractivity contribution in [2.24, 2.45) is 11.3 Å². The van der Waals surface area contributed by atoms with E-state index >= 15 is 0 Å². The summed E-state index contributed by atoms with van der Waals surface area (Å²) in [5.41, 5.74) is 1.46. The van der Waals surface area contributed by atoms with E-state index in [1.807, 2.05) is 12.1 Å². The number of halogens is 1. The minimum Gasteiger partial charge on any atom is -0.497 e. The fraction of sp³-hybridized carbons (Fsp3) is 0.600. The molecule has 1 aliphatic carbocycles. The van der Waals surface area contributed by atoms with E-state index in [0.29, 0.717) is 18.6 Å². The third-order valence-corrected chi connectivity index (χ3v) is 5.96. The molecule has 1 aliphatic rings. The number of hydrogen-bond donors (Lipinski definition) is 0. The van der Waals surface area contributed by atoms with E-state index in [0.717, 1.165) is 23.9 Å². The maximum atomic E-state index is 6.39. The van der Waals surface area contributed by atoms with Crippen LogP contribution in [0.3, 0.4) is 0 Å². The van der Waals surface area contributed by atoms with Crippen LogP contribution < -0.4 is 4.74 Å². The third-order valence-electron chi connectivity index (χ3n) is 5.40. The normalized spacial score (nSPS) is 27.1. The molecule has 1 unspecified atom stereocenters. The van der Waals surface area contributed by atoms with Crippen molar-refractivity contribution < 1.29 is 9.47 Å². The minimum atomic E-state index is 0.252. The molecule has 1 fully saturated rings. The second-order valence-electron chi connectivity index (χ2n) is 6.64. The van der Waals surface area contributed by atoms with Crippen LogP contribution in [0.4, 0.5) is 0 Å². The van der Waals surface area contributed by atoms with Gasteiger partial charge in [-0.2, -0.15) is 0 Å². The van der Waals surface area contributed by atoms with E-state index in [2.05, 4.69) is 47.6 Å². The number of ether oxygens (including phenoxy) is 2. The van der Waals surface area contributed by atoms with Crippen molar-refractivity contribution in [2.45, 2.75) is 51.7 Å². The molecular formula is C20H29BrO2. The van der Waals surface area contributed by atoms with E-state index in [1.54, 1.807) is 7.11 Å². The molecule has 0 aromatic heterocycles. The lowest BCUT2D eigenvalue weighted by molar-refractivity contribution is -0.0480. The lowest BCUT2D eigenvalue weighted by atomic mass is 9.71. The van der Waals surface area contributed by atoms with Gasteiger partial charge in [0.15, 0.2) is 0 Å². The second kappa shape index (κ2) is 8.89. The summed E-state index contributed by atoms with van der Waals surface area (Å²) in [4.78, 5) is 0. The molecule has 1 aromatic rings. The van der Waals surface area contributed by atoms with Gasteiger partial charge in [-0.15, -0.1) is 6.58 Å². The fourth-order valence-electron chi connectivity index (χ4n) is 3.97. The maximum Gasteiger partial charge on any atom is 0.118 e. The molecule has 3 atom stereocenters. The Morgan fingerprint density at radius 1 is 1.30 bits per heavy atom. The van der Waals surface area contributed by atoms with Gasteiger partial charge >= 0.3 is 0 Å². The van der Waals surface area contributed by atoms with Crippen LogP contribution in [0.5, 0.6) is 5.75 Å². The topological polar surface area (TPSA) is 18.5 Å². The van der Waals surface area contributed by atoms with Gasteiger partial charge in [0.05, 0.1) is 19.8 Å². The van der Waals surface area contributed by atoms with Crippen LogP contribution in [-0.4, -0.2) is 18.5 Å². The molecule has 1 saturated carbocycles. The maximum absolute atomic E-state index is 6.39. The summed E-state index contributed by atoms with van der Waals surface area (Å²) in [6.45, 7) is 7.06. The lowest BCUT2D eigenvalue weighted by Gasteiger charge is -2.38. The molecule has 0 bridgehead atoms. The zero-order chi connectivity index (χ0) is 16.7. The van der Waals surface area contributed by atoms with Gasteiger partial charge in [0.1, 0.15) is 5.75 Å². The Hall–Kier alpha value is -0.800. The Bertz CT molecular complexity index is 485. The summed E-state index contributed by atoms with van der Waals surface area (Å²) < 4.78 is 11.6. The second-order valence-corrected chi connectivity index (χ2v) is 7.44. The number of hydrogen-bond acceptors (Lipinski definition) is 2. The number of allylic oxidation sites excluding steroid dienone is 1. The molecule has 128 valence electrons. The van der Waals surface area contributed by atoms with E-state index < -0.39 is 0 Å². The van der Waals surface area contributed by atoms with Crippen LogP contribution >= 0.6 is 15.9 Å². The first-order valence-corrected chi connectivity index (χ1v) is 9.70. The number of alkyl halides is 1. The van der Waals surface area contributed by atoms with Gasteiger partial charge in [-0.3, -0.25) is 0 Å². The van der Waals surface area contributed by atoms with E-state index in [1.165, 1.54) is 24.8 Å². The van der Waals surface area contributed by atoms with Gasteiger partial charge in [-0.05, 0) is 55.7 Å². The highest BCUT2D eigenvalue weighted by Gasteiger charge is 2.47. The Morgan fingerprint density at radius 3 is 2.65 bits per heavy atom. The average Bonchev–Trinajstić information content (AvgIpc) is 2.88. The largest absolute Gasteiger partial charge is 0.497 e. The summed E-state index contributed by atoms with van der Waals surface area (Å²) in [7, 11) is 1.69. The first-order chi connectivity index (χ1) is 11.2. The molecule has 0 amide bonds. The summed E-state index contributed by atoms with van der Waals surface area (Å²) in [5.74, 6) is 1.59. The minimum absolute atomic E-state index is 0.252. The molecule has 0 spiro atoms. The molecule has 1 aromatic carbocycles. The van der Waals surface area contributed by atoms with Crippen molar-refractivity contribution in [3.8, 4) is 5.75 Å². The van der Waals surface area contributed by atoms with Crippen molar-refractivity contribution in [1.29, 1.82) is 0 Å². The Kier molecular flexibility index (Phi) is 7.16. The van der Waals surface area contributed by atoms with E-state index in [4.69, 9.17) is 9.47 Å². The van der Waals surface area contributed by atoms with Crippen LogP contribution in [0.15, 0.2) is 36.9 Å². The first kappa shape index (κ1) is 18.5. The number of benzene rings is 1. The number of rotatable bonds is 9. The van der Waals surface area contributed by atoms with Gasteiger partial charge in [-0.25, -0.2) is 0 Å². The molecule has 23 heavy (non-hydrogen) atoms. The molecule has 2 nitrogen and oxygen atoms in total. The molecular weight excluding hydrogens is 352 g/mol. The Morgan fingerprint density at radius 2 is 2.04 bits per heavy atom. The van der Waals surface area contributed by atoms with Gasteiger partial charge in [0.25, 0.3) is 0 Å². The monoisotopic (exact) mass is 380 g/mol. The first-order valence-electron chi connectivity index (χ1n) is 8.57. The Balaban J connectivity index is 2.04. The number of methoxy groups -OCH3 is 1. The SMILES string of the molecule is C=CC[C@]1(CCCBr)C(OCc2ccc(OC)cc2)CC[C@@H]1C. The highest BCUT2D eigenvalue weighted by atomic mass is 79.9. The van der Waals surface area contributed by atoms with Crippen LogP contribution in [-0.2, 0) is 11.3 Å². The van der Waals surface area contributed by atoms with Crippen molar-refractivity contribution >= 4 is 15.9 Å². The predicted molar refractivity (Wildman–Crippen MR) is 100 cm³/mol. The third kappa shape index (κ3) is 4.39.